The molecule has 3 N–H and O–H groups in total. The summed E-state index contributed by atoms with van der Waals surface area (Å²) >= 11 is 0. The van der Waals surface area contributed by atoms with Crippen LogP contribution in [0.1, 0.15) is 35.3 Å². The van der Waals surface area contributed by atoms with Gasteiger partial charge in [0.2, 0.25) is 0 Å². The largest absolute Gasteiger partial charge is 0.488 e. The van der Waals surface area contributed by atoms with Crippen molar-refractivity contribution in [2.75, 3.05) is 18.8 Å². The van der Waals surface area contributed by atoms with Crippen LogP contribution in [-0.4, -0.2) is 41.0 Å². The van der Waals surface area contributed by atoms with Crippen LogP contribution in [0.25, 0.3) is 11.1 Å². The van der Waals surface area contributed by atoms with Gasteiger partial charge in [-0.3, -0.25) is 4.79 Å². The third kappa shape index (κ3) is 5.76. The second-order valence-electron chi connectivity index (χ2n) is 8.95. The molecule has 1 aliphatic rings. The molecule has 3 aromatic rings. The molecule has 1 aromatic heterocycles. The van der Waals surface area contributed by atoms with Crippen LogP contribution in [0.4, 0.5) is 23.4 Å². The van der Waals surface area contributed by atoms with E-state index in [1.807, 2.05) is 18.7 Å². The number of nitrogen functional groups attached to an aromatic ring is 1. The Hall–Kier alpha value is -3.66. The van der Waals surface area contributed by atoms with Crippen molar-refractivity contribution in [1.82, 2.24) is 15.2 Å². The number of alkyl halides is 3. The summed E-state index contributed by atoms with van der Waals surface area (Å²) in [4.78, 5) is 18.9. The van der Waals surface area contributed by atoms with Gasteiger partial charge in [0.1, 0.15) is 24.0 Å². The van der Waals surface area contributed by atoms with Crippen molar-refractivity contribution in [3.05, 3.63) is 77.2 Å². The Kier molecular flexibility index (Phi) is 7.16. The van der Waals surface area contributed by atoms with E-state index >= 15 is 0 Å². The first-order chi connectivity index (χ1) is 17.0. The number of amides is 1. The summed E-state index contributed by atoms with van der Waals surface area (Å²) in [5.41, 5.74) is 7.10. The van der Waals surface area contributed by atoms with Crippen LogP contribution >= 0.6 is 0 Å². The van der Waals surface area contributed by atoms with Gasteiger partial charge in [-0.2, -0.15) is 13.2 Å². The summed E-state index contributed by atoms with van der Waals surface area (Å²) in [6.45, 7) is 4.98. The lowest BCUT2D eigenvalue weighted by molar-refractivity contribution is -0.139. The van der Waals surface area contributed by atoms with E-state index in [1.165, 1.54) is 6.20 Å². The van der Waals surface area contributed by atoms with Crippen molar-refractivity contribution in [2.45, 2.75) is 38.7 Å². The van der Waals surface area contributed by atoms with Crippen molar-refractivity contribution >= 4 is 11.7 Å². The van der Waals surface area contributed by atoms with Gasteiger partial charge in [0, 0.05) is 54.1 Å². The quantitative estimate of drug-likeness (QED) is 0.486. The van der Waals surface area contributed by atoms with Crippen LogP contribution in [0.3, 0.4) is 0 Å². The number of benzene rings is 2. The van der Waals surface area contributed by atoms with E-state index in [4.69, 9.17) is 10.5 Å². The molecule has 0 saturated carbocycles. The number of carbonyl (C=O) groups is 1. The van der Waals surface area contributed by atoms with E-state index in [-0.39, 0.29) is 30.4 Å². The number of carbonyl (C=O) groups excluding carboxylic acids is 1. The fourth-order valence-corrected chi connectivity index (χ4v) is 4.28. The average Bonchev–Trinajstić information content (AvgIpc) is 2.82. The SMILES string of the molecule is CC1CN(C(=O)c2ccc(-c3cnc(N)c(COc4cc(F)ccc4C(F)(F)F)c3)cc2)CC(C)N1. The molecule has 1 saturated heterocycles. The van der Waals surface area contributed by atoms with E-state index < -0.39 is 23.3 Å². The lowest BCUT2D eigenvalue weighted by atomic mass is 10.0. The van der Waals surface area contributed by atoms with Gasteiger partial charge in [0.25, 0.3) is 5.91 Å². The van der Waals surface area contributed by atoms with Crippen molar-refractivity contribution in [1.29, 1.82) is 0 Å². The molecule has 0 aliphatic carbocycles. The van der Waals surface area contributed by atoms with Crippen LogP contribution in [0.2, 0.25) is 0 Å². The lowest BCUT2D eigenvalue weighted by Gasteiger charge is -2.36. The first-order valence-electron chi connectivity index (χ1n) is 11.4. The summed E-state index contributed by atoms with van der Waals surface area (Å²) in [6.07, 6.45) is -3.17. The Morgan fingerprint density at radius 1 is 1.08 bits per heavy atom. The second-order valence-corrected chi connectivity index (χ2v) is 8.95. The van der Waals surface area contributed by atoms with Crippen molar-refractivity contribution < 1.29 is 27.1 Å². The molecule has 1 amide bonds. The highest BCUT2D eigenvalue weighted by Gasteiger charge is 2.34. The topological polar surface area (TPSA) is 80.5 Å². The number of piperazine rings is 1. The number of halogens is 4. The monoisotopic (exact) mass is 502 g/mol. The Morgan fingerprint density at radius 2 is 1.75 bits per heavy atom. The van der Waals surface area contributed by atoms with Gasteiger partial charge in [0.15, 0.2) is 0 Å². The molecule has 190 valence electrons. The number of ether oxygens (including phenoxy) is 1. The number of hydrogen-bond acceptors (Lipinski definition) is 5. The molecule has 0 radical (unpaired) electrons. The number of nitrogens with zero attached hydrogens (tertiary/aromatic N) is 2. The summed E-state index contributed by atoms with van der Waals surface area (Å²) in [5, 5.41) is 3.39. The Morgan fingerprint density at radius 3 is 2.39 bits per heavy atom. The number of aromatic nitrogens is 1. The molecule has 36 heavy (non-hydrogen) atoms. The number of nitrogens with one attached hydrogen (secondary N) is 1. The third-order valence-electron chi connectivity index (χ3n) is 5.94. The van der Waals surface area contributed by atoms with Gasteiger partial charge in [-0.1, -0.05) is 12.1 Å². The van der Waals surface area contributed by atoms with Gasteiger partial charge in [-0.05, 0) is 49.7 Å². The summed E-state index contributed by atoms with van der Waals surface area (Å²) in [6, 6.07) is 11.1. The predicted octanol–water partition coefficient (Wildman–Crippen LogP) is 4.89. The molecule has 0 spiro atoms. The van der Waals surface area contributed by atoms with Crippen LogP contribution in [0, 0.1) is 5.82 Å². The lowest BCUT2D eigenvalue weighted by Crippen LogP contribution is -2.55. The molecule has 0 bridgehead atoms. The number of nitrogens with two attached hydrogens (primary N) is 1. The molecule has 2 atom stereocenters. The minimum atomic E-state index is -4.70. The van der Waals surface area contributed by atoms with E-state index in [2.05, 4.69) is 10.3 Å². The average molecular weight is 503 g/mol. The fraction of sp³-hybridized carbons (Fsp3) is 0.308. The fourth-order valence-electron chi connectivity index (χ4n) is 4.28. The van der Waals surface area contributed by atoms with E-state index in [1.54, 1.807) is 30.3 Å². The molecule has 1 fully saturated rings. The van der Waals surface area contributed by atoms with E-state index in [0.717, 1.165) is 11.6 Å². The summed E-state index contributed by atoms with van der Waals surface area (Å²) in [5.74, 6) is -1.46. The minimum Gasteiger partial charge on any atom is -0.488 e. The highest BCUT2D eigenvalue weighted by Crippen LogP contribution is 2.37. The molecule has 10 heteroatoms. The molecule has 2 heterocycles. The number of rotatable bonds is 5. The highest BCUT2D eigenvalue weighted by atomic mass is 19.4. The minimum absolute atomic E-state index is 0.0539. The third-order valence-corrected chi connectivity index (χ3v) is 5.94. The Bertz CT molecular complexity index is 1240. The Balaban J connectivity index is 1.51. The van der Waals surface area contributed by atoms with Crippen molar-refractivity contribution in [3.8, 4) is 16.9 Å². The normalized spacial score (nSPS) is 18.2. The molecule has 4 rings (SSSR count). The highest BCUT2D eigenvalue weighted by molar-refractivity contribution is 5.94. The first-order valence-corrected chi connectivity index (χ1v) is 11.4. The molecule has 6 nitrogen and oxygen atoms in total. The molecule has 1 aliphatic heterocycles. The van der Waals surface area contributed by atoms with E-state index in [9.17, 15) is 22.4 Å². The first kappa shape index (κ1) is 25.4. The number of pyridine rings is 1. The second kappa shape index (κ2) is 10.1. The maximum atomic E-state index is 13.6. The maximum Gasteiger partial charge on any atom is 0.419 e. The maximum absolute atomic E-state index is 13.6. The van der Waals surface area contributed by atoms with E-state index in [0.29, 0.717) is 41.9 Å². The zero-order valence-electron chi connectivity index (χ0n) is 19.8. The molecular weight excluding hydrogens is 476 g/mol. The molecule has 2 unspecified atom stereocenters. The molecule has 2 aromatic carbocycles. The standard InChI is InChI=1S/C26H26F4N4O2/c1-15-12-34(13-16(2)33-15)25(35)18-5-3-17(4-6-18)19-9-20(24(31)32-11-19)14-36-23-10-21(27)7-8-22(23)26(28,29)30/h3-11,15-16,33H,12-14H2,1-2H3,(H2,31,32). The zero-order valence-corrected chi connectivity index (χ0v) is 19.8. The van der Waals surface area contributed by atoms with Crippen molar-refractivity contribution in [2.24, 2.45) is 0 Å². The van der Waals surface area contributed by atoms with Gasteiger partial charge >= 0.3 is 6.18 Å². The summed E-state index contributed by atoms with van der Waals surface area (Å²) < 4.78 is 58.6. The Labute approximate surface area is 206 Å². The number of hydrogen-bond donors (Lipinski definition) is 2. The predicted molar refractivity (Wildman–Crippen MR) is 128 cm³/mol. The van der Waals surface area contributed by atoms with Crippen LogP contribution < -0.4 is 15.8 Å². The van der Waals surface area contributed by atoms with Gasteiger partial charge < -0.3 is 20.7 Å². The van der Waals surface area contributed by atoms with Gasteiger partial charge in [-0.25, -0.2) is 9.37 Å². The van der Waals surface area contributed by atoms with Crippen LogP contribution in [0.15, 0.2) is 54.7 Å². The van der Waals surface area contributed by atoms with Crippen LogP contribution in [-0.2, 0) is 12.8 Å². The van der Waals surface area contributed by atoms with Gasteiger partial charge in [-0.15, -0.1) is 0 Å². The van der Waals surface area contributed by atoms with Crippen LogP contribution in [0.5, 0.6) is 5.75 Å². The summed E-state index contributed by atoms with van der Waals surface area (Å²) in [7, 11) is 0. The zero-order chi connectivity index (χ0) is 26.0. The number of anilines is 1. The molecular formula is C26H26F4N4O2. The van der Waals surface area contributed by atoms with Gasteiger partial charge in [0.05, 0.1) is 5.56 Å². The van der Waals surface area contributed by atoms with Crippen molar-refractivity contribution in [3.63, 3.8) is 0 Å². The smallest absolute Gasteiger partial charge is 0.419 e.